The van der Waals surface area contributed by atoms with Gasteiger partial charge in [-0.25, -0.2) is 9.97 Å². The van der Waals surface area contributed by atoms with Crippen LogP contribution in [-0.2, 0) is 0 Å². The summed E-state index contributed by atoms with van der Waals surface area (Å²) in [7, 11) is 0. The molecule has 8 aromatic carbocycles. The quantitative estimate of drug-likeness (QED) is 0.185. The van der Waals surface area contributed by atoms with Crippen LogP contribution in [0, 0.1) is 0 Å². The van der Waals surface area contributed by atoms with E-state index in [4.69, 9.17) is 9.97 Å². The SMILES string of the molecule is c1ccc(-c2nc(-c3ccccc3)c3cc(-n4c5cc(-c6cccc7c6sc6ccccc67)ccc5c5c6ccccc6ccc54)ccc3n2)cc1. The maximum Gasteiger partial charge on any atom is 0.160 e. The van der Waals surface area contributed by atoms with E-state index in [-0.39, 0.29) is 0 Å². The van der Waals surface area contributed by atoms with Crippen molar-refractivity contribution in [3.8, 4) is 39.5 Å². The van der Waals surface area contributed by atoms with E-state index in [0.717, 1.165) is 39.2 Å². The van der Waals surface area contributed by atoms with Gasteiger partial charge in [0.15, 0.2) is 5.82 Å². The molecular formula is C48H29N3S. The largest absolute Gasteiger partial charge is 0.309 e. The normalized spacial score (nSPS) is 11.8. The van der Waals surface area contributed by atoms with Crippen molar-refractivity contribution in [3.05, 3.63) is 176 Å². The molecule has 0 bridgehead atoms. The zero-order chi connectivity index (χ0) is 34.2. The molecule has 242 valence electrons. The van der Waals surface area contributed by atoms with Gasteiger partial charge in [0.05, 0.1) is 22.2 Å². The highest BCUT2D eigenvalue weighted by atomic mass is 32.1. The topological polar surface area (TPSA) is 30.7 Å². The van der Waals surface area contributed by atoms with Gasteiger partial charge >= 0.3 is 0 Å². The van der Waals surface area contributed by atoms with Gasteiger partial charge in [-0.1, -0.05) is 140 Å². The Morgan fingerprint density at radius 3 is 2.06 bits per heavy atom. The maximum atomic E-state index is 5.21. The lowest BCUT2D eigenvalue weighted by Crippen LogP contribution is -1.98. The van der Waals surface area contributed by atoms with E-state index in [1.807, 2.05) is 29.5 Å². The van der Waals surface area contributed by atoms with Crippen LogP contribution in [0.3, 0.4) is 0 Å². The minimum atomic E-state index is 0.725. The third kappa shape index (κ3) is 4.45. The lowest BCUT2D eigenvalue weighted by atomic mass is 10.00. The Balaban J connectivity index is 1.20. The third-order valence-corrected chi connectivity index (χ3v) is 11.6. The summed E-state index contributed by atoms with van der Waals surface area (Å²) in [5, 5.41) is 8.63. The fourth-order valence-electron chi connectivity index (χ4n) is 8.00. The predicted octanol–water partition coefficient (Wildman–Crippen LogP) is 13.2. The molecular weight excluding hydrogens is 651 g/mol. The number of hydrogen-bond acceptors (Lipinski definition) is 3. The summed E-state index contributed by atoms with van der Waals surface area (Å²) in [4.78, 5) is 10.3. The van der Waals surface area contributed by atoms with E-state index in [2.05, 4.69) is 162 Å². The molecule has 11 rings (SSSR count). The number of aromatic nitrogens is 3. The first-order valence-corrected chi connectivity index (χ1v) is 18.4. The van der Waals surface area contributed by atoms with Crippen molar-refractivity contribution in [2.75, 3.05) is 0 Å². The summed E-state index contributed by atoms with van der Waals surface area (Å²) in [5.41, 5.74) is 9.80. The Kier molecular flexibility index (Phi) is 6.42. The van der Waals surface area contributed by atoms with Crippen molar-refractivity contribution in [2.45, 2.75) is 0 Å². The van der Waals surface area contributed by atoms with Crippen molar-refractivity contribution in [1.82, 2.24) is 14.5 Å². The molecule has 0 N–H and O–H groups in total. The minimum absolute atomic E-state index is 0.725. The lowest BCUT2D eigenvalue weighted by molar-refractivity contribution is 1.18. The fourth-order valence-corrected chi connectivity index (χ4v) is 9.23. The van der Waals surface area contributed by atoms with Crippen molar-refractivity contribution in [2.24, 2.45) is 0 Å². The second kappa shape index (κ2) is 11.5. The third-order valence-electron chi connectivity index (χ3n) is 10.4. The molecule has 11 aromatic rings. The molecule has 0 amide bonds. The van der Waals surface area contributed by atoms with Crippen LogP contribution in [0.15, 0.2) is 176 Å². The summed E-state index contributed by atoms with van der Waals surface area (Å²) >= 11 is 1.88. The first-order valence-electron chi connectivity index (χ1n) is 17.6. The van der Waals surface area contributed by atoms with Crippen LogP contribution < -0.4 is 0 Å². The van der Waals surface area contributed by atoms with E-state index in [1.54, 1.807) is 0 Å². The monoisotopic (exact) mass is 679 g/mol. The zero-order valence-electron chi connectivity index (χ0n) is 28.0. The molecule has 0 radical (unpaired) electrons. The van der Waals surface area contributed by atoms with E-state index in [9.17, 15) is 0 Å². The fraction of sp³-hybridized carbons (Fsp3) is 0. The highest BCUT2D eigenvalue weighted by Crippen LogP contribution is 2.43. The highest BCUT2D eigenvalue weighted by Gasteiger charge is 2.19. The average molecular weight is 680 g/mol. The van der Waals surface area contributed by atoms with Gasteiger partial charge in [-0.2, -0.15) is 0 Å². The number of thiophene rings is 1. The van der Waals surface area contributed by atoms with Gasteiger partial charge in [0.25, 0.3) is 0 Å². The molecule has 4 heteroatoms. The van der Waals surface area contributed by atoms with Crippen LogP contribution in [-0.4, -0.2) is 14.5 Å². The van der Waals surface area contributed by atoms with Crippen LogP contribution in [0.25, 0.3) is 103 Å². The van der Waals surface area contributed by atoms with Gasteiger partial charge in [0.2, 0.25) is 0 Å². The number of fused-ring (bicyclic) bond motifs is 9. The molecule has 0 saturated carbocycles. The Morgan fingerprint density at radius 1 is 0.442 bits per heavy atom. The summed E-state index contributed by atoms with van der Waals surface area (Å²) in [5.74, 6) is 0.725. The minimum Gasteiger partial charge on any atom is -0.309 e. The molecule has 0 saturated heterocycles. The van der Waals surface area contributed by atoms with Crippen LogP contribution in [0.5, 0.6) is 0 Å². The van der Waals surface area contributed by atoms with Gasteiger partial charge in [-0.05, 0) is 58.3 Å². The Morgan fingerprint density at radius 2 is 1.19 bits per heavy atom. The second-order valence-corrected chi connectivity index (χ2v) is 14.4. The molecule has 3 heterocycles. The van der Waals surface area contributed by atoms with Crippen molar-refractivity contribution in [1.29, 1.82) is 0 Å². The number of nitrogens with zero attached hydrogens (tertiary/aromatic N) is 3. The summed E-state index contributed by atoms with van der Waals surface area (Å²) in [6.07, 6.45) is 0. The van der Waals surface area contributed by atoms with E-state index in [1.165, 1.54) is 63.9 Å². The number of hydrogen-bond donors (Lipinski definition) is 0. The smallest absolute Gasteiger partial charge is 0.160 e. The van der Waals surface area contributed by atoms with Crippen molar-refractivity contribution < 1.29 is 0 Å². The Bertz CT molecular complexity index is 3180. The van der Waals surface area contributed by atoms with E-state index in [0.29, 0.717) is 0 Å². The van der Waals surface area contributed by atoms with Crippen LogP contribution in [0.2, 0.25) is 0 Å². The van der Waals surface area contributed by atoms with E-state index < -0.39 is 0 Å². The van der Waals surface area contributed by atoms with Gasteiger partial charge in [-0.3, -0.25) is 0 Å². The average Bonchev–Trinajstić information content (AvgIpc) is 3.77. The molecule has 52 heavy (non-hydrogen) atoms. The standard InChI is InChI=1S/C48H29N3S/c1-3-13-31(14-4-1)46-40-29-34(24-26-41(40)49-48(50-46)32-15-5-2-6-16-32)51-42-27-23-30-12-7-8-17-35(30)45(42)39-25-22-33(28-43(39)51)36-19-11-20-38-37-18-9-10-21-44(37)52-47(36)38/h1-29H. The van der Waals surface area contributed by atoms with E-state index >= 15 is 0 Å². The zero-order valence-corrected chi connectivity index (χ0v) is 28.8. The summed E-state index contributed by atoms with van der Waals surface area (Å²) < 4.78 is 5.07. The second-order valence-electron chi connectivity index (χ2n) is 13.4. The maximum absolute atomic E-state index is 5.21. The molecule has 0 aliphatic heterocycles. The summed E-state index contributed by atoms with van der Waals surface area (Å²) in [6, 6.07) is 63.1. The molecule has 3 aromatic heterocycles. The molecule has 0 spiro atoms. The van der Waals surface area contributed by atoms with Crippen LogP contribution >= 0.6 is 11.3 Å². The van der Waals surface area contributed by atoms with Gasteiger partial charge < -0.3 is 4.57 Å². The molecule has 0 fully saturated rings. The van der Waals surface area contributed by atoms with Gasteiger partial charge in [0.1, 0.15) is 0 Å². The number of benzene rings is 8. The highest BCUT2D eigenvalue weighted by molar-refractivity contribution is 7.26. The first-order chi connectivity index (χ1) is 25.8. The lowest BCUT2D eigenvalue weighted by Gasteiger charge is -2.13. The predicted molar refractivity (Wildman–Crippen MR) is 221 cm³/mol. The van der Waals surface area contributed by atoms with Crippen molar-refractivity contribution in [3.63, 3.8) is 0 Å². The number of rotatable bonds is 4. The molecule has 0 unspecified atom stereocenters. The summed E-state index contributed by atoms with van der Waals surface area (Å²) in [6.45, 7) is 0. The molecule has 0 aliphatic carbocycles. The Hall–Kier alpha value is -6.62. The first kappa shape index (κ1) is 29.1. The Labute approximate surface area is 303 Å². The van der Waals surface area contributed by atoms with Crippen LogP contribution in [0.4, 0.5) is 0 Å². The van der Waals surface area contributed by atoms with Gasteiger partial charge in [0, 0.05) is 53.1 Å². The van der Waals surface area contributed by atoms with Gasteiger partial charge in [-0.15, -0.1) is 11.3 Å². The molecule has 3 nitrogen and oxygen atoms in total. The van der Waals surface area contributed by atoms with Crippen molar-refractivity contribution >= 4 is 75.0 Å². The van der Waals surface area contributed by atoms with Crippen LogP contribution in [0.1, 0.15) is 0 Å². The molecule has 0 atom stereocenters. The molecule has 0 aliphatic rings.